The van der Waals surface area contributed by atoms with Gasteiger partial charge in [-0.1, -0.05) is 18.2 Å². The molecule has 0 saturated heterocycles. The van der Waals surface area contributed by atoms with Crippen LogP contribution in [0.2, 0.25) is 0 Å². The Bertz CT molecular complexity index is 401. The zero-order valence-corrected chi connectivity index (χ0v) is 8.51. The van der Waals surface area contributed by atoms with Crippen molar-refractivity contribution >= 4 is 18.5 Å². The second-order valence-corrected chi connectivity index (χ2v) is 3.43. The molecule has 0 N–H and O–H groups in total. The fourth-order valence-corrected chi connectivity index (χ4v) is 1.50. The van der Waals surface area contributed by atoms with Crippen LogP contribution < -0.4 is 15.8 Å². The van der Waals surface area contributed by atoms with E-state index < -0.39 is 0 Å². The first-order chi connectivity index (χ1) is 6.77. The zero-order valence-electron chi connectivity index (χ0n) is 8.51. The summed E-state index contributed by atoms with van der Waals surface area (Å²) in [5.74, 6) is 0. The highest BCUT2D eigenvalue weighted by Crippen LogP contribution is 1.81. The van der Waals surface area contributed by atoms with Crippen molar-refractivity contribution in [3.8, 4) is 0 Å². The lowest BCUT2D eigenvalue weighted by atomic mass is 9.69. The average molecular weight is 184 g/mol. The van der Waals surface area contributed by atoms with E-state index in [0.717, 1.165) is 0 Å². The predicted molar refractivity (Wildman–Crippen MR) is 58.1 cm³/mol. The molecule has 2 aromatic rings. The smallest absolute Gasteiger partial charge is 0.125 e. The van der Waals surface area contributed by atoms with Gasteiger partial charge in [-0.05, 0) is 0 Å². The van der Waals surface area contributed by atoms with Gasteiger partial charge in [-0.3, -0.25) is 14.6 Å². The van der Waals surface area contributed by atoms with Gasteiger partial charge < -0.3 is 0 Å². The molecule has 0 aliphatic carbocycles. The topological polar surface area (TPSA) is 8.81 Å². The number of benzene rings is 1. The molecule has 1 aromatic heterocycles. The first-order valence-electron chi connectivity index (χ1n) is 4.68. The molecule has 0 atom stereocenters. The molecular weight excluding hydrogens is 171 g/mol. The molecule has 14 heavy (non-hydrogen) atoms. The van der Waals surface area contributed by atoms with Crippen LogP contribution in [0, 0.1) is 0 Å². The molecule has 0 bridgehead atoms. The lowest BCUT2D eigenvalue weighted by molar-refractivity contribution is -0.652. The lowest BCUT2D eigenvalue weighted by Gasteiger charge is -2.13. The quantitative estimate of drug-likeness (QED) is 0.439. The highest BCUT2D eigenvalue weighted by atomic mass is 15.1. The summed E-state index contributed by atoms with van der Waals surface area (Å²) in [7, 11) is 6.27. The van der Waals surface area contributed by atoms with Crippen LogP contribution in [0.15, 0.2) is 42.7 Å². The van der Waals surface area contributed by atoms with Crippen LogP contribution in [0.1, 0.15) is 0 Å². The molecule has 0 saturated carbocycles. The van der Waals surface area contributed by atoms with E-state index >= 15 is 0 Å². The highest BCUT2D eigenvalue weighted by molar-refractivity contribution is 6.65. The summed E-state index contributed by atoms with van der Waals surface area (Å²) in [5.41, 5.74) is 2.42. The van der Waals surface area contributed by atoms with Crippen LogP contribution in [0.3, 0.4) is 0 Å². The van der Waals surface area contributed by atoms with Gasteiger partial charge >= 0.3 is 0 Å². The van der Waals surface area contributed by atoms with Gasteiger partial charge in [0.15, 0.2) is 0 Å². The Morgan fingerprint density at radius 3 is 2.50 bits per heavy atom. The van der Waals surface area contributed by atoms with Crippen molar-refractivity contribution in [2.45, 2.75) is 0 Å². The second-order valence-electron chi connectivity index (χ2n) is 3.43. The third-order valence-corrected chi connectivity index (χ3v) is 2.33. The molecule has 2 nitrogen and oxygen atoms in total. The number of hydrogen-bond acceptors (Lipinski definition) is 0. The van der Waals surface area contributed by atoms with Crippen molar-refractivity contribution in [1.82, 2.24) is 4.57 Å². The molecule has 0 aliphatic rings. The largest absolute Gasteiger partial charge is 0.280 e. The Morgan fingerprint density at radius 1 is 1.21 bits per heavy atom. The maximum absolute atomic E-state index is 2.17. The van der Waals surface area contributed by atoms with Crippen molar-refractivity contribution < 1.29 is 4.57 Å². The van der Waals surface area contributed by atoms with Gasteiger partial charge in [0.05, 0.1) is 14.1 Å². The average Bonchev–Trinajstić information content (AvgIpc) is 2.51. The summed E-state index contributed by atoms with van der Waals surface area (Å²) < 4.78 is 4.21. The predicted octanol–water partition coefficient (Wildman–Crippen LogP) is -0.495. The minimum Gasteiger partial charge on any atom is -0.280 e. The van der Waals surface area contributed by atoms with Crippen LogP contribution in [0.5, 0.6) is 0 Å². The monoisotopic (exact) mass is 184 g/mol. The van der Waals surface area contributed by atoms with Gasteiger partial charge in [0, 0.05) is 5.72 Å². The van der Waals surface area contributed by atoms with Crippen LogP contribution >= 0.6 is 0 Å². The van der Waals surface area contributed by atoms with Crippen molar-refractivity contribution in [1.29, 1.82) is 0 Å². The minimum absolute atomic E-state index is 1.19. The van der Waals surface area contributed by atoms with Gasteiger partial charge in [0.1, 0.15) is 12.4 Å². The molecule has 0 unspecified atom stereocenters. The molecule has 0 aliphatic heterocycles. The van der Waals surface area contributed by atoms with Crippen molar-refractivity contribution in [3.05, 3.63) is 42.7 Å². The van der Waals surface area contributed by atoms with Crippen LogP contribution in [0.25, 0.3) is 0 Å². The standard InChI is InChI=1S/C11H13BN2/c1-13-8-9-14(2)11(13)12-10-6-4-3-5-7-10/h3-9H,1-2H3. The Labute approximate surface area is 85.1 Å². The first-order valence-corrected chi connectivity index (χ1v) is 4.68. The molecule has 1 aromatic carbocycles. The fraction of sp³-hybridized carbons (Fsp3) is 0.182. The van der Waals surface area contributed by atoms with E-state index in [-0.39, 0.29) is 0 Å². The summed E-state index contributed by atoms with van der Waals surface area (Å²) in [6, 6.07) is 10.3. The van der Waals surface area contributed by atoms with Gasteiger partial charge in [0.25, 0.3) is 0 Å². The Hall–Kier alpha value is -1.51. The molecule has 3 heteroatoms. The minimum atomic E-state index is 1.19. The van der Waals surface area contributed by atoms with Crippen LogP contribution in [-0.4, -0.2) is 11.8 Å². The highest BCUT2D eigenvalue weighted by Gasteiger charge is 1.98. The second kappa shape index (κ2) is 3.70. The Morgan fingerprint density at radius 2 is 1.93 bits per heavy atom. The molecule has 0 amide bonds. The number of imidazole rings is 1. The summed E-state index contributed by atoms with van der Waals surface area (Å²) in [6.07, 6.45) is 4.10. The summed E-state index contributed by atoms with van der Waals surface area (Å²) >= 11 is 0. The summed E-state index contributed by atoms with van der Waals surface area (Å²) in [5, 5.41) is 0. The molecule has 70 valence electrons. The number of nitrogens with zero attached hydrogens (tertiary/aromatic N) is 2. The molecule has 0 spiro atoms. The van der Waals surface area contributed by atoms with E-state index in [4.69, 9.17) is 0 Å². The summed E-state index contributed by atoms with van der Waals surface area (Å²) in [6.45, 7) is 0. The SMILES string of the molecule is Cn1cc[n+](C)c1[B-]c1ccccc1. The number of hydrogen-bond donors (Lipinski definition) is 0. The number of rotatable bonds is 2. The van der Waals surface area contributed by atoms with E-state index in [9.17, 15) is 0 Å². The third kappa shape index (κ3) is 1.71. The zero-order chi connectivity index (χ0) is 9.97. The molecule has 2 rings (SSSR count). The Kier molecular flexibility index (Phi) is 2.40. The summed E-state index contributed by atoms with van der Waals surface area (Å²) in [4.78, 5) is 0. The van der Waals surface area contributed by atoms with E-state index in [1.807, 2.05) is 6.07 Å². The lowest BCUT2D eigenvalue weighted by Crippen LogP contribution is -2.52. The van der Waals surface area contributed by atoms with Gasteiger partial charge in [0.2, 0.25) is 0 Å². The molecule has 2 radical (unpaired) electrons. The van der Waals surface area contributed by atoms with E-state index in [2.05, 4.69) is 67.2 Å². The maximum atomic E-state index is 2.17. The number of aryl methyl sites for hydroxylation is 2. The maximum Gasteiger partial charge on any atom is 0.125 e. The molecule has 1 heterocycles. The van der Waals surface area contributed by atoms with Gasteiger partial charge in [-0.2, -0.15) is 0 Å². The van der Waals surface area contributed by atoms with E-state index in [1.165, 1.54) is 11.2 Å². The van der Waals surface area contributed by atoms with E-state index in [1.54, 1.807) is 0 Å². The van der Waals surface area contributed by atoms with Gasteiger partial charge in [-0.15, -0.1) is 19.4 Å². The number of aromatic nitrogens is 2. The van der Waals surface area contributed by atoms with Gasteiger partial charge in [-0.25, -0.2) is 0 Å². The molecule has 0 fully saturated rings. The van der Waals surface area contributed by atoms with Crippen molar-refractivity contribution in [3.63, 3.8) is 0 Å². The van der Waals surface area contributed by atoms with Crippen molar-refractivity contribution in [2.75, 3.05) is 0 Å². The third-order valence-electron chi connectivity index (χ3n) is 2.33. The first kappa shape index (κ1) is 9.07. The molecular formula is C11H13BN2. The Balaban J connectivity index is 2.27. The van der Waals surface area contributed by atoms with E-state index in [0.29, 0.717) is 0 Å². The van der Waals surface area contributed by atoms with Crippen LogP contribution in [0.4, 0.5) is 0 Å². The fourth-order valence-electron chi connectivity index (χ4n) is 1.50. The normalized spacial score (nSPS) is 10.4. The van der Waals surface area contributed by atoms with Crippen molar-refractivity contribution in [2.24, 2.45) is 14.1 Å². The van der Waals surface area contributed by atoms with Crippen LogP contribution in [-0.2, 0) is 14.1 Å².